The van der Waals surface area contributed by atoms with Gasteiger partial charge in [-0.25, -0.2) is 4.39 Å². The van der Waals surface area contributed by atoms with Gasteiger partial charge in [-0.15, -0.1) is 0 Å². The SMILES string of the molecule is COc1ccc(/C=C/C(=O)Nc2cc(OC)c(OC)cc2C)cc1F. The van der Waals surface area contributed by atoms with Crippen molar-refractivity contribution in [2.24, 2.45) is 0 Å². The molecule has 0 aromatic heterocycles. The number of halogens is 1. The molecule has 0 aliphatic carbocycles. The Morgan fingerprint density at radius 3 is 2.24 bits per heavy atom. The van der Waals surface area contributed by atoms with Gasteiger partial charge in [0, 0.05) is 17.8 Å². The van der Waals surface area contributed by atoms with Crippen molar-refractivity contribution in [1.82, 2.24) is 0 Å². The Morgan fingerprint density at radius 2 is 1.64 bits per heavy atom. The molecule has 1 N–H and O–H groups in total. The highest BCUT2D eigenvalue weighted by Crippen LogP contribution is 2.32. The molecule has 0 bridgehead atoms. The zero-order valence-corrected chi connectivity index (χ0v) is 14.6. The minimum atomic E-state index is -0.485. The molecule has 0 saturated heterocycles. The van der Waals surface area contributed by atoms with Crippen LogP contribution in [0.5, 0.6) is 17.2 Å². The predicted molar refractivity (Wildman–Crippen MR) is 94.9 cm³/mol. The molecule has 5 nitrogen and oxygen atoms in total. The van der Waals surface area contributed by atoms with E-state index in [4.69, 9.17) is 14.2 Å². The van der Waals surface area contributed by atoms with E-state index in [0.29, 0.717) is 22.7 Å². The third kappa shape index (κ3) is 4.50. The van der Waals surface area contributed by atoms with Crippen LogP contribution in [0.2, 0.25) is 0 Å². The molecular weight excluding hydrogens is 325 g/mol. The summed E-state index contributed by atoms with van der Waals surface area (Å²) in [5.41, 5.74) is 1.99. The van der Waals surface area contributed by atoms with Crippen LogP contribution in [0, 0.1) is 12.7 Å². The molecule has 0 atom stereocenters. The first kappa shape index (κ1) is 18.3. The van der Waals surface area contributed by atoms with Crippen molar-refractivity contribution in [1.29, 1.82) is 0 Å². The fourth-order valence-corrected chi connectivity index (χ4v) is 2.25. The summed E-state index contributed by atoms with van der Waals surface area (Å²) < 4.78 is 28.9. The maximum atomic E-state index is 13.6. The first-order valence-electron chi connectivity index (χ1n) is 7.53. The van der Waals surface area contributed by atoms with Gasteiger partial charge in [0.15, 0.2) is 23.1 Å². The average Bonchev–Trinajstić information content (AvgIpc) is 2.61. The van der Waals surface area contributed by atoms with Gasteiger partial charge in [-0.05, 0) is 42.3 Å². The molecule has 132 valence electrons. The van der Waals surface area contributed by atoms with E-state index in [2.05, 4.69) is 5.32 Å². The van der Waals surface area contributed by atoms with Gasteiger partial charge in [0.25, 0.3) is 0 Å². The Morgan fingerprint density at radius 1 is 1.00 bits per heavy atom. The Hall–Kier alpha value is -3.02. The summed E-state index contributed by atoms with van der Waals surface area (Å²) in [7, 11) is 4.47. The molecule has 25 heavy (non-hydrogen) atoms. The maximum absolute atomic E-state index is 13.6. The van der Waals surface area contributed by atoms with Gasteiger partial charge in [0.1, 0.15) is 0 Å². The van der Waals surface area contributed by atoms with Crippen molar-refractivity contribution in [2.45, 2.75) is 6.92 Å². The fraction of sp³-hybridized carbons (Fsp3) is 0.211. The van der Waals surface area contributed by atoms with Crippen LogP contribution in [-0.4, -0.2) is 27.2 Å². The van der Waals surface area contributed by atoms with Crippen LogP contribution in [0.15, 0.2) is 36.4 Å². The van der Waals surface area contributed by atoms with Crippen LogP contribution in [0.3, 0.4) is 0 Å². The zero-order valence-electron chi connectivity index (χ0n) is 14.6. The van der Waals surface area contributed by atoms with E-state index in [-0.39, 0.29) is 11.7 Å². The average molecular weight is 345 g/mol. The first-order valence-corrected chi connectivity index (χ1v) is 7.53. The van der Waals surface area contributed by atoms with Gasteiger partial charge in [0.2, 0.25) is 5.91 Å². The second-order valence-corrected chi connectivity index (χ2v) is 5.24. The Labute approximate surface area is 146 Å². The number of nitrogens with one attached hydrogen (secondary N) is 1. The van der Waals surface area contributed by atoms with E-state index >= 15 is 0 Å². The summed E-state index contributed by atoms with van der Waals surface area (Å²) >= 11 is 0. The van der Waals surface area contributed by atoms with Gasteiger partial charge in [-0.1, -0.05) is 6.07 Å². The Bertz CT molecular complexity index is 802. The van der Waals surface area contributed by atoms with E-state index in [1.54, 1.807) is 25.3 Å². The molecule has 6 heteroatoms. The molecule has 0 heterocycles. The van der Waals surface area contributed by atoms with Crippen LogP contribution in [0.4, 0.5) is 10.1 Å². The smallest absolute Gasteiger partial charge is 0.248 e. The van der Waals surface area contributed by atoms with Gasteiger partial charge in [-0.2, -0.15) is 0 Å². The Balaban J connectivity index is 2.13. The standard InChI is InChI=1S/C19H20FNO4/c1-12-9-17(24-3)18(25-4)11-15(12)21-19(22)8-6-13-5-7-16(23-2)14(20)10-13/h5-11H,1-4H3,(H,21,22)/b8-6+. The van der Waals surface area contributed by atoms with Crippen molar-refractivity contribution >= 4 is 17.7 Å². The summed E-state index contributed by atoms with van der Waals surface area (Å²) in [5, 5.41) is 2.76. The molecule has 0 radical (unpaired) electrons. The molecule has 2 aromatic carbocycles. The number of hydrogen-bond acceptors (Lipinski definition) is 4. The van der Waals surface area contributed by atoms with E-state index in [0.717, 1.165) is 5.56 Å². The number of hydrogen-bond donors (Lipinski definition) is 1. The number of aryl methyl sites for hydroxylation is 1. The van der Waals surface area contributed by atoms with Crippen molar-refractivity contribution in [3.8, 4) is 17.2 Å². The molecule has 2 aromatic rings. The zero-order chi connectivity index (χ0) is 18.4. The number of benzene rings is 2. The van der Waals surface area contributed by atoms with Gasteiger partial charge in [0.05, 0.1) is 21.3 Å². The summed E-state index contributed by atoms with van der Waals surface area (Å²) in [5.74, 6) is 0.432. The predicted octanol–water partition coefficient (Wildman–Crippen LogP) is 3.81. The van der Waals surface area contributed by atoms with E-state index in [1.165, 1.54) is 38.5 Å². The minimum Gasteiger partial charge on any atom is -0.494 e. The highest BCUT2D eigenvalue weighted by molar-refractivity contribution is 6.02. The molecule has 2 rings (SSSR count). The maximum Gasteiger partial charge on any atom is 0.248 e. The van der Waals surface area contributed by atoms with Crippen LogP contribution < -0.4 is 19.5 Å². The van der Waals surface area contributed by atoms with Gasteiger partial charge < -0.3 is 19.5 Å². The number of methoxy groups -OCH3 is 3. The molecule has 0 aliphatic heterocycles. The van der Waals surface area contributed by atoms with Crippen LogP contribution >= 0.6 is 0 Å². The highest BCUT2D eigenvalue weighted by atomic mass is 19.1. The molecule has 0 spiro atoms. The lowest BCUT2D eigenvalue weighted by Gasteiger charge is -2.12. The quantitative estimate of drug-likeness (QED) is 0.809. The molecular formula is C19H20FNO4. The normalized spacial score (nSPS) is 10.6. The molecule has 0 aliphatic rings. The van der Waals surface area contributed by atoms with E-state index < -0.39 is 5.82 Å². The summed E-state index contributed by atoms with van der Waals surface area (Å²) in [6.07, 6.45) is 2.85. The van der Waals surface area contributed by atoms with E-state index in [9.17, 15) is 9.18 Å². The monoisotopic (exact) mass is 345 g/mol. The second kappa shape index (κ2) is 8.19. The van der Waals surface area contributed by atoms with Crippen LogP contribution in [0.25, 0.3) is 6.08 Å². The number of rotatable bonds is 6. The third-order valence-electron chi connectivity index (χ3n) is 3.59. The van der Waals surface area contributed by atoms with Crippen molar-refractivity contribution in [3.05, 3.63) is 53.4 Å². The minimum absolute atomic E-state index is 0.155. The Kier molecular flexibility index (Phi) is 6.00. The van der Waals surface area contributed by atoms with Gasteiger partial charge in [-0.3, -0.25) is 4.79 Å². The number of carbonyl (C=O) groups is 1. The van der Waals surface area contributed by atoms with E-state index in [1.807, 2.05) is 6.92 Å². The molecule has 0 unspecified atom stereocenters. The van der Waals surface area contributed by atoms with Gasteiger partial charge >= 0.3 is 0 Å². The largest absolute Gasteiger partial charge is 0.494 e. The fourth-order valence-electron chi connectivity index (χ4n) is 2.25. The number of carbonyl (C=O) groups excluding carboxylic acids is 1. The lowest BCUT2D eigenvalue weighted by atomic mass is 10.1. The van der Waals surface area contributed by atoms with Crippen LogP contribution in [0.1, 0.15) is 11.1 Å². The number of amides is 1. The number of ether oxygens (including phenoxy) is 3. The summed E-state index contributed by atoms with van der Waals surface area (Å²) in [6.45, 7) is 1.85. The summed E-state index contributed by atoms with van der Waals surface area (Å²) in [6, 6.07) is 7.92. The topological polar surface area (TPSA) is 56.8 Å². The molecule has 1 amide bonds. The summed E-state index contributed by atoms with van der Waals surface area (Å²) in [4.78, 5) is 12.1. The molecule has 0 saturated carbocycles. The van der Waals surface area contributed by atoms with Crippen LogP contribution in [-0.2, 0) is 4.79 Å². The third-order valence-corrected chi connectivity index (χ3v) is 3.59. The van der Waals surface area contributed by atoms with Crippen molar-refractivity contribution < 1.29 is 23.4 Å². The van der Waals surface area contributed by atoms with Crippen molar-refractivity contribution in [2.75, 3.05) is 26.6 Å². The highest BCUT2D eigenvalue weighted by Gasteiger charge is 2.10. The lowest BCUT2D eigenvalue weighted by molar-refractivity contribution is -0.111. The first-order chi connectivity index (χ1) is 12.0. The molecule has 0 fully saturated rings. The lowest BCUT2D eigenvalue weighted by Crippen LogP contribution is -2.09. The van der Waals surface area contributed by atoms with Crippen molar-refractivity contribution in [3.63, 3.8) is 0 Å². The second-order valence-electron chi connectivity index (χ2n) is 5.24. The number of anilines is 1.